The van der Waals surface area contributed by atoms with Gasteiger partial charge in [0, 0.05) is 5.56 Å². The lowest BCUT2D eigenvalue weighted by Crippen LogP contribution is -2.22. The molecule has 1 aliphatic heterocycles. The lowest BCUT2D eigenvalue weighted by Gasteiger charge is -2.18. The molecule has 0 saturated heterocycles. The topological polar surface area (TPSA) is 99.2 Å². The van der Waals surface area contributed by atoms with E-state index >= 15 is 0 Å². The number of nitrogens with two attached hydrogens (primary N) is 1. The van der Waals surface area contributed by atoms with E-state index in [-0.39, 0.29) is 28.8 Å². The van der Waals surface area contributed by atoms with Crippen molar-refractivity contribution in [2.24, 2.45) is 5.73 Å². The Hall–Kier alpha value is -3.33. The van der Waals surface area contributed by atoms with Crippen molar-refractivity contribution in [3.8, 4) is 11.4 Å². The molecule has 7 nitrogen and oxygen atoms in total. The third kappa shape index (κ3) is 4.27. The Bertz CT molecular complexity index is 1130. The summed E-state index contributed by atoms with van der Waals surface area (Å²) in [6.45, 7) is 3.55. The summed E-state index contributed by atoms with van der Waals surface area (Å²) in [6, 6.07) is 13.3. The minimum absolute atomic E-state index is 0.126. The lowest BCUT2D eigenvalue weighted by atomic mass is 10.0. The maximum Gasteiger partial charge on any atom is 0.255 e. The fourth-order valence-corrected chi connectivity index (χ4v) is 4.76. The maximum atomic E-state index is 13.4. The van der Waals surface area contributed by atoms with Crippen LogP contribution in [0.15, 0.2) is 48.5 Å². The summed E-state index contributed by atoms with van der Waals surface area (Å²) in [5.41, 5.74) is 8.39. The van der Waals surface area contributed by atoms with E-state index < -0.39 is 5.91 Å². The fraction of sp³-hybridized carbons (Fsp3) is 0.227. The van der Waals surface area contributed by atoms with Crippen molar-refractivity contribution in [1.29, 1.82) is 0 Å². The van der Waals surface area contributed by atoms with E-state index in [1.807, 2.05) is 26.0 Å². The van der Waals surface area contributed by atoms with Crippen molar-refractivity contribution in [3.05, 3.63) is 71.2 Å². The molecule has 0 radical (unpaired) electrons. The minimum atomic E-state index is -0.546. The number of hydrogen-bond acceptors (Lipinski definition) is 5. The number of fused-ring (bicyclic) bond motifs is 1. The van der Waals surface area contributed by atoms with Crippen LogP contribution in [0.3, 0.4) is 0 Å². The standard InChI is InChI=1S/C22H21FN4O3S/c1-12-19-20(14-3-9-17(10-4-14)30-11-18(24)28)31-13(2)22(29)25-21(19)27(26-12)16-7-5-15(23)6-8-16/h3-10,13,20H,11H2,1-2H3,(H2,24,28)(H,25,29)/t13-,20-/m0/s1. The Morgan fingerprint density at radius 3 is 2.55 bits per heavy atom. The molecular weight excluding hydrogens is 419 g/mol. The number of rotatable bonds is 5. The predicted molar refractivity (Wildman–Crippen MR) is 117 cm³/mol. The van der Waals surface area contributed by atoms with E-state index in [1.54, 1.807) is 28.9 Å². The molecule has 2 aromatic carbocycles. The summed E-state index contributed by atoms with van der Waals surface area (Å²) in [7, 11) is 0. The third-order valence-corrected chi connectivity index (χ3v) is 6.36. The number of carbonyl (C=O) groups excluding carboxylic acids is 2. The lowest BCUT2D eigenvalue weighted by molar-refractivity contribution is -0.120. The van der Waals surface area contributed by atoms with Gasteiger partial charge in [0.1, 0.15) is 17.4 Å². The van der Waals surface area contributed by atoms with Gasteiger partial charge >= 0.3 is 0 Å². The molecule has 9 heteroatoms. The van der Waals surface area contributed by atoms with Crippen molar-refractivity contribution in [3.63, 3.8) is 0 Å². The average molecular weight is 441 g/mol. The molecule has 2 amide bonds. The molecular formula is C22H21FN4O3S. The summed E-state index contributed by atoms with van der Waals surface area (Å²) >= 11 is 1.52. The number of primary amides is 1. The first-order valence-electron chi connectivity index (χ1n) is 9.66. The SMILES string of the molecule is Cc1nn(-c2ccc(F)cc2)c2c1[C@H](c1ccc(OCC(N)=O)cc1)S[C@@H](C)C(=O)N2. The highest BCUT2D eigenvalue weighted by atomic mass is 32.2. The molecule has 0 spiro atoms. The first-order valence-corrected chi connectivity index (χ1v) is 10.6. The first kappa shape index (κ1) is 20.9. The van der Waals surface area contributed by atoms with Crippen LogP contribution in [-0.4, -0.2) is 33.5 Å². The van der Waals surface area contributed by atoms with Gasteiger partial charge in [0.15, 0.2) is 6.61 Å². The Morgan fingerprint density at radius 1 is 1.23 bits per heavy atom. The summed E-state index contributed by atoms with van der Waals surface area (Å²) in [4.78, 5) is 23.6. The van der Waals surface area contributed by atoms with Crippen molar-refractivity contribution in [1.82, 2.24) is 9.78 Å². The zero-order valence-corrected chi connectivity index (χ0v) is 17.8. The molecule has 0 bridgehead atoms. The normalized spacial score (nSPS) is 18.1. The van der Waals surface area contributed by atoms with E-state index in [0.29, 0.717) is 17.3 Å². The number of ether oxygens (including phenoxy) is 1. The second-order valence-corrected chi connectivity index (χ2v) is 8.66. The largest absolute Gasteiger partial charge is 0.484 e. The molecule has 31 heavy (non-hydrogen) atoms. The maximum absolute atomic E-state index is 13.4. The van der Waals surface area contributed by atoms with Gasteiger partial charge in [-0.2, -0.15) is 5.10 Å². The monoisotopic (exact) mass is 440 g/mol. The third-order valence-electron chi connectivity index (χ3n) is 4.96. The molecule has 3 aromatic rings. The van der Waals surface area contributed by atoms with Crippen LogP contribution in [0.1, 0.15) is 29.0 Å². The van der Waals surface area contributed by atoms with Gasteiger partial charge in [-0.15, -0.1) is 11.8 Å². The van der Waals surface area contributed by atoms with Crippen LogP contribution in [0, 0.1) is 12.7 Å². The van der Waals surface area contributed by atoms with Crippen LogP contribution in [0.2, 0.25) is 0 Å². The van der Waals surface area contributed by atoms with E-state index in [0.717, 1.165) is 16.8 Å². The Balaban J connectivity index is 1.76. The molecule has 3 N–H and O–H groups in total. The molecule has 0 aliphatic carbocycles. The molecule has 0 unspecified atom stereocenters. The van der Waals surface area contributed by atoms with Crippen LogP contribution >= 0.6 is 11.8 Å². The van der Waals surface area contributed by atoms with E-state index in [4.69, 9.17) is 10.5 Å². The van der Waals surface area contributed by atoms with Crippen molar-refractivity contribution >= 4 is 29.4 Å². The number of nitrogens with one attached hydrogen (secondary N) is 1. The number of anilines is 1. The molecule has 0 fully saturated rings. The van der Waals surface area contributed by atoms with Gasteiger partial charge in [-0.05, 0) is 55.8 Å². The number of thioether (sulfide) groups is 1. The van der Waals surface area contributed by atoms with Crippen molar-refractivity contribution in [2.45, 2.75) is 24.3 Å². The zero-order valence-electron chi connectivity index (χ0n) is 17.0. The van der Waals surface area contributed by atoms with Crippen LogP contribution in [0.4, 0.5) is 10.2 Å². The van der Waals surface area contributed by atoms with Gasteiger partial charge in [0.2, 0.25) is 5.91 Å². The summed E-state index contributed by atoms with van der Waals surface area (Å²) in [5, 5.41) is 7.15. The smallest absolute Gasteiger partial charge is 0.255 e. The number of benzene rings is 2. The number of halogens is 1. The van der Waals surface area contributed by atoms with E-state index in [1.165, 1.54) is 23.9 Å². The number of hydrogen-bond donors (Lipinski definition) is 2. The van der Waals surface area contributed by atoms with Crippen LogP contribution < -0.4 is 15.8 Å². The second-order valence-electron chi connectivity index (χ2n) is 7.21. The van der Waals surface area contributed by atoms with Crippen LogP contribution in [0.25, 0.3) is 5.69 Å². The first-order chi connectivity index (χ1) is 14.8. The highest BCUT2D eigenvalue weighted by Gasteiger charge is 2.34. The molecule has 4 rings (SSSR count). The number of aryl methyl sites for hydroxylation is 1. The van der Waals surface area contributed by atoms with Crippen molar-refractivity contribution in [2.75, 3.05) is 11.9 Å². The van der Waals surface area contributed by atoms with Crippen LogP contribution in [0.5, 0.6) is 5.75 Å². The summed E-state index contributed by atoms with van der Waals surface area (Å²) in [5.74, 6) is 0.0875. The van der Waals surface area contributed by atoms with Gasteiger partial charge in [0.25, 0.3) is 5.91 Å². The highest BCUT2D eigenvalue weighted by molar-refractivity contribution is 8.01. The van der Waals surface area contributed by atoms with Gasteiger partial charge < -0.3 is 15.8 Å². The summed E-state index contributed by atoms with van der Waals surface area (Å²) in [6.07, 6.45) is 0. The van der Waals surface area contributed by atoms with E-state index in [2.05, 4.69) is 10.4 Å². The fourth-order valence-electron chi connectivity index (χ4n) is 3.43. The minimum Gasteiger partial charge on any atom is -0.484 e. The second kappa shape index (κ2) is 8.43. The number of carbonyl (C=O) groups is 2. The van der Waals surface area contributed by atoms with Gasteiger partial charge in [0.05, 0.1) is 21.9 Å². The molecule has 1 aliphatic rings. The predicted octanol–water partition coefficient (Wildman–Crippen LogP) is 3.35. The summed E-state index contributed by atoms with van der Waals surface area (Å²) < 4.78 is 20.4. The number of nitrogens with zero attached hydrogens (tertiary/aromatic N) is 2. The molecule has 2 atom stereocenters. The number of amides is 2. The van der Waals surface area contributed by atoms with Crippen molar-refractivity contribution < 1.29 is 18.7 Å². The molecule has 160 valence electrons. The highest BCUT2D eigenvalue weighted by Crippen LogP contribution is 2.46. The van der Waals surface area contributed by atoms with Gasteiger partial charge in [-0.1, -0.05) is 12.1 Å². The molecule has 0 saturated carbocycles. The van der Waals surface area contributed by atoms with Gasteiger partial charge in [-0.25, -0.2) is 9.07 Å². The zero-order chi connectivity index (χ0) is 22.1. The molecule has 1 aromatic heterocycles. The quantitative estimate of drug-likeness (QED) is 0.634. The van der Waals surface area contributed by atoms with E-state index in [9.17, 15) is 14.0 Å². The van der Waals surface area contributed by atoms with Gasteiger partial charge in [-0.3, -0.25) is 9.59 Å². The van der Waals surface area contributed by atoms with Crippen LogP contribution in [-0.2, 0) is 9.59 Å². The number of aromatic nitrogens is 2. The average Bonchev–Trinajstić information content (AvgIpc) is 2.99. The Kier molecular flexibility index (Phi) is 5.69. The molecule has 2 heterocycles. The Labute approximate surface area is 182 Å². The Morgan fingerprint density at radius 2 is 1.90 bits per heavy atom.